The largest absolute Gasteiger partial charge is 0.355 e. The summed E-state index contributed by atoms with van der Waals surface area (Å²) in [5.74, 6) is -0.00670. The molecule has 0 aliphatic carbocycles. The van der Waals surface area contributed by atoms with Crippen LogP contribution in [0.2, 0.25) is 5.02 Å². The van der Waals surface area contributed by atoms with Crippen LogP contribution in [0.5, 0.6) is 0 Å². The molecular weight excluding hydrogens is 240 g/mol. The van der Waals surface area contributed by atoms with Gasteiger partial charge in [0.1, 0.15) is 0 Å². The molecule has 1 aromatic carbocycles. The van der Waals surface area contributed by atoms with E-state index in [2.05, 4.69) is 10.6 Å². The molecule has 0 atom stereocenters. The van der Waals surface area contributed by atoms with Crippen molar-refractivity contribution in [3.63, 3.8) is 0 Å². The van der Waals surface area contributed by atoms with Gasteiger partial charge in [0.2, 0.25) is 12.3 Å². The van der Waals surface area contributed by atoms with Gasteiger partial charge in [-0.15, -0.1) is 0 Å². The van der Waals surface area contributed by atoms with Crippen LogP contribution in [-0.4, -0.2) is 12.3 Å². The second-order valence-corrected chi connectivity index (χ2v) is 3.96. The maximum Gasteiger partial charge on any atom is 0.219 e. The molecule has 0 heterocycles. The normalized spacial score (nSPS) is 9.76. The van der Waals surface area contributed by atoms with Gasteiger partial charge >= 0.3 is 0 Å². The van der Waals surface area contributed by atoms with Crippen molar-refractivity contribution < 1.29 is 9.59 Å². The van der Waals surface area contributed by atoms with Crippen molar-refractivity contribution in [3.8, 4) is 0 Å². The lowest BCUT2D eigenvalue weighted by molar-refractivity contribution is -0.120. The first-order valence-corrected chi connectivity index (χ1v) is 5.76. The monoisotopic (exact) mass is 254 g/mol. The lowest BCUT2D eigenvalue weighted by atomic mass is 10.1. The number of carbonyl (C=O) groups excluding carboxylic acids is 2. The highest BCUT2D eigenvalue weighted by molar-refractivity contribution is 6.31. The summed E-state index contributed by atoms with van der Waals surface area (Å²) >= 11 is 6.07. The highest BCUT2D eigenvalue weighted by Gasteiger charge is 2.03. The first-order chi connectivity index (χ1) is 8.17. The molecule has 0 bridgehead atoms. The lowest BCUT2D eigenvalue weighted by Crippen LogP contribution is -2.21. The molecule has 0 saturated carbocycles. The predicted octanol–water partition coefficient (Wildman–Crippen LogP) is 1.61. The summed E-state index contributed by atoms with van der Waals surface area (Å²) in [6, 6.07) is 5.50. The molecule has 0 radical (unpaired) electrons. The molecule has 0 fully saturated rings. The summed E-state index contributed by atoms with van der Waals surface area (Å²) in [7, 11) is 0. The molecule has 2 N–H and O–H groups in total. The van der Waals surface area contributed by atoms with E-state index in [0.29, 0.717) is 30.9 Å². The third kappa shape index (κ3) is 4.44. The summed E-state index contributed by atoms with van der Waals surface area (Å²) in [6.45, 7) is 2.67. The van der Waals surface area contributed by atoms with Crippen LogP contribution in [0.1, 0.15) is 24.5 Å². The number of amides is 2. The SMILES string of the molecule is CCC(=O)NCc1ccc(CNC=O)cc1Cl. The molecule has 0 spiro atoms. The van der Waals surface area contributed by atoms with Crippen molar-refractivity contribution in [3.05, 3.63) is 34.3 Å². The number of benzene rings is 1. The van der Waals surface area contributed by atoms with E-state index in [1.807, 2.05) is 12.1 Å². The highest BCUT2D eigenvalue weighted by atomic mass is 35.5. The second-order valence-electron chi connectivity index (χ2n) is 3.55. The van der Waals surface area contributed by atoms with Crippen LogP contribution >= 0.6 is 11.6 Å². The quantitative estimate of drug-likeness (QED) is 0.758. The summed E-state index contributed by atoms with van der Waals surface area (Å²) < 4.78 is 0. The number of hydrogen-bond donors (Lipinski definition) is 2. The van der Waals surface area contributed by atoms with Crippen LogP contribution in [0.25, 0.3) is 0 Å². The second kappa shape index (κ2) is 6.91. The van der Waals surface area contributed by atoms with Gasteiger partial charge in [0.15, 0.2) is 0 Å². The Bertz CT molecular complexity index is 407. The number of halogens is 1. The zero-order chi connectivity index (χ0) is 12.7. The Morgan fingerprint density at radius 2 is 2.18 bits per heavy atom. The van der Waals surface area contributed by atoms with Gasteiger partial charge in [-0.1, -0.05) is 30.7 Å². The van der Waals surface area contributed by atoms with Crippen molar-refractivity contribution in [2.45, 2.75) is 26.4 Å². The van der Waals surface area contributed by atoms with Crippen LogP contribution in [-0.2, 0) is 22.7 Å². The molecule has 5 heteroatoms. The Morgan fingerprint density at radius 3 is 2.76 bits per heavy atom. The van der Waals surface area contributed by atoms with Gasteiger partial charge in [0, 0.05) is 24.5 Å². The smallest absolute Gasteiger partial charge is 0.219 e. The van der Waals surface area contributed by atoms with E-state index in [0.717, 1.165) is 11.1 Å². The van der Waals surface area contributed by atoms with E-state index >= 15 is 0 Å². The van der Waals surface area contributed by atoms with E-state index < -0.39 is 0 Å². The maximum absolute atomic E-state index is 11.1. The molecule has 2 amide bonds. The van der Waals surface area contributed by atoms with Gasteiger partial charge in [-0.2, -0.15) is 0 Å². The average molecular weight is 255 g/mol. The van der Waals surface area contributed by atoms with Crippen LogP contribution in [0.4, 0.5) is 0 Å². The molecule has 0 unspecified atom stereocenters. The van der Waals surface area contributed by atoms with E-state index in [-0.39, 0.29) is 5.91 Å². The highest BCUT2D eigenvalue weighted by Crippen LogP contribution is 2.17. The number of carbonyl (C=O) groups is 2. The molecule has 0 aliphatic heterocycles. The molecule has 4 nitrogen and oxygen atoms in total. The van der Waals surface area contributed by atoms with Crippen LogP contribution in [0, 0.1) is 0 Å². The fraction of sp³-hybridized carbons (Fsp3) is 0.333. The molecule has 1 rings (SSSR count). The summed E-state index contributed by atoms with van der Waals surface area (Å²) in [5, 5.41) is 5.91. The average Bonchev–Trinajstić information content (AvgIpc) is 2.34. The first-order valence-electron chi connectivity index (χ1n) is 5.38. The number of hydrogen-bond acceptors (Lipinski definition) is 2. The van der Waals surface area contributed by atoms with Gasteiger partial charge in [-0.25, -0.2) is 0 Å². The van der Waals surface area contributed by atoms with Crippen molar-refractivity contribution >= 4 is 23.9 Å². The van der Waals surface area contributed by atoms with Gasteiger partial charge < -0.3 is 10.6 Å². The van der Waals surface area contributed by atoms with Gasteiger partial charge in [-0.05, 0) is 17.2 Å². The minimum Gasteiger partial charge on any atom is -0.355 e. The summed E-state index contributed by atoms with van der Waals surface area (Å²) in [6.07, 6.45) is 1.10. The van der Waals surface area contributed by atoms with E-state index in [1.165, 1.54) is 0 Å². The van der Waals surface area contributed by atoms with Crippen molar-refractivity contribution in [1.29, 1.82) is 0 Å². The molecule has 0 saturated heterocycles. The van der Waals surface area contributed by atoms with Gasteiger partial charge in [0.25, 0.3) is 0 Å². The number of rotatable bonds is 6. The minimum absolute atomic E-state index is 0.00670. The van der Waals surface area contributed by atoms with E-state index in [9.17, 15) is 9.59 Å². The van der Waals surface area contributed by atoms with E-state index in [1.54, 1.807) is 13.0 Å². The Labute approximate surface area is 105 Å². The lowest BCUT2D eigenvalue weighted by Gasteiger charge is -2.08. The number of nitrogens with one attached hydrogen (secondary N) is 2. The maximum atomic E-state index is 11.1. The fourth-order valence-electron chi connectivity index (χ4n) is 1.32. The zero-order valence-corrected chi connectivity index (χ0v) is 10.4. The third-order valence-corrected chi connectivity index (χ3v) is 2.66. The minimum atomic E-state index is -0.00670. The zero-order valence-electron chi connectivity index (χ0n) is 9.63. The third-order valence-electron chi connectivity index (χ3n) is 2.30. The molecule has 0 aliphatic rings. The Morgan fingerprint density at radius 1 is 1.41 bits per heavy atom. The van der Waals surface area contributed by atoms with Crippen LogP contribution in [0.3, 0.4) is 0 Å². The summed E-state index contributed by atoms with van der Waals surface area (Å²) in [4.78, 5) is 21.3. The van der Waals surface area contributed by atoms with Crippen LogP contribution in [0.15, 0.2) is 18.2 Å². The molecule has 17 heavy (non-hydrogen) atoms. The molecule has 1 aromatic rings. The van der Waals surface area contributed by atoms with Gasteiger partial charge in [-0.3, -0.25) is 9.59 Å². The van der Waals surface area contributed by atoms with Gasteiger partial charge in [0.05, 0.1) is 0 Å². The summed E-state index contributed by atoms with van der Waals surface area (Å²) in [5.41, 5.74) is 1.79. The van der Waals surface area contributed by atoms with E-state index in [4.69, 9.17) is 11.6 Å². The van der Waals surface area contributed by atoms with Crippen LogP contribution < -0.4 is 10.6 Å². The molecular formula is C12H15ClN2O2. The topological polar surface area (TPSA) is 58.2 Å². The molecule has 92 valence electrons. The molecule has 0 aromatic heterocycles. The van der Waals surface area contributed by atoms with Crippen molar-refractivity contribution in [1.82, 2.24) is 10.6 Å². The Kier molecular flexibility index (Phi) is 5.49. The van der Waals surface area contributed by atoms with Crippen molar-refractivity contribution in [2.24, 2.45) is 0 Å². The van der Waals surface area contributed by atoms with Crippen molar-refractivity contribution in [2.75, 3.05) is 0 Å². The standard InChI is InChI=1S/C12H15ClN2O2/c1-2-12(17)15-7-10-4-3-9(5-11(10)13)6-14-8-16/h3-5,8H,2,6-7H2,1H3,(H,14,16)(H,15,17). The Hall–Kier alpha value is -1.55. The fourth-order valence-corrected chi connectivity index (χ4v) is 1.59. The Balaban J connectivity index is 2.62. The first kappa shape index (κ1) is 13.5. The predicted molar refractivity (Wildman–Crippen MR) is 66.5 cm³/mol.